The van der Waals surface area contributed by atoms with Crippen molar-refractivity contribution in [3.05, 3.63) is 39.5 Å². The lowest BCUT2D eigenvalue weighted by Crippen LogP contribution is -2.31. The molecule has 0 aliphatic heterocycles. The Morgan fingerprint density at radius 3 is 2.38 bits per heavy atom. The number of ether oxygens (including phenoxy) is 1. The van der Waals surface area contributed by atoms with Crippen molar-refractivity contribution in [3.63, 3.8) is 0 Å². The molecule has 32 heavy (non-hydrogen) atoms. The van der Waals surface area contributed by atoms with Gasteiger partial charge in [0.05, 0.1) is 17.3 Å². The molecule has 0 aliphatic carbocycles. The number of carbonyl (C=O) groups excluding carboxylic acids is 1. The van der Waals surface area contributed by atoms with Crippen LogP contribution in [0.25, 0.3) is 21.0 Å². The molecule has 8 nitrogen and oxygen atoms in total. The van der Waals surface area contributed by atoms with Crippen LogP contribution in [-0.2, 0) is 11.8 Å². The highest BCUT2D eigenvalue weighted by atomic mass is 32.1. The van der Waals surface area contributed by atoms with E-state index in [1.165, 1.54) is 18.4 Å². The lowest BCUT2D eigenvalue weighted by Gasteiger charge is -2.10. The second kappa shape index (κ2) is 10.0. The molecule has 2 N–H and O–H groups in total. The van der Waals surface area contributed by atoms with Crippen LogP contribution in [0.2, 0.25) is 0 Å². The van der Waals surface area contributed by atoms with E-state index in [-0.39, 0.29) is 11.5 Å². The van der Waals surface area contributed by atoms with Gasteiger partial charge in [0.15, 0.2) is 5.75 Å². The fourth-order valence-corrected chi connectivity index (χ4v) is 4.06. The van der Waals surface area contributed by atoms with Crippen molar-refractivity contribution in [3.8, 4) is 5.75 Å². The summed E-state index contributed by atoms with van der Waals surface area (Å²) in [4.78, 5) is 36.7. The van der Waals surface area contributed by atoms with Gasteiger partial charge in [0.25, 0.3) is 11.5 Å². The molecule has 0 bridgehead atoms. The third kappa shape index (κ3) is 5.37. The average Bonchev–Trinajstić information content (AvgIpc) is 3.11. The number of para-hydroxylation sites is 1. The molecule has 0 atom stereocenters. The Labute approximate surface area is 184 Å². The summed E-state index contributed by atoms with van der Waals surface area (Å²) < 4.78 is 39.6. The third-order valence-electron chi connectivity index (χ3n) is 4.39. The van der Waals surface area contributed by atoms with E-state index in [0.29, 0.717) is 22.6 Å². The Morgan fingerprint density at radius 2 is 1.84 bits per heavy atom. The van der Waals surface area contributed by atoms with Gasteiger partial charge in [-0.2, -0.15) is 13.2 Å². The van der Waals surface area contributed by atoms with Crippen molar-refractivity contribution >= 4 is 44.2 Å². The molecule has 2 aromatic heterocycles. The van der Waals surface area contributed by atoms with E-state index in [0.717, 1.165) is 22.1 Å². The minimum absolute atomic E-state index is 0.158. The van der Waals surface area contributed by atoms with Crippen LogP contribution in [0, 0.1) is 0 Å². The number of nitrogens with zero attached hydrogens (tertiary/aromatic N) is 2. The van der Waals surface area contributed by atoms with Gasteiger partial charge in [-0.15, -0.1) is 11.3 Å². The molecule has 0 fully saturated rings. The number of thiophene rings is 1. The van der Waals surface area contributed by atoms with Crippen LogP contribution in [0.4, 0.5) is 13.2 Å². The van der Waals surface area contributed by atoms with E-state index in [4.69, 9.17) is 14.6 Å². The van der Waals surface area contributed by atoms with Crippen LogP contribution in [0.15, 0.2) is 29.1 Å². The summed E-state index contributed by atoms with van der Waals surface area (Å²) in [5.41, 5.74) is 0.678. The SMILES string of the molecule is COc1c(C(=O)NCCN(C)C)sc2c1c(=O)n(C)c1ccccc21.O=C(O)C(F)(F)F. The number of aromatic nitrogens is 1. The maximum atomic E-state index is 12.8. The first-order valence-electron chi connectivity index (χ1n) is 9.21. The topological polar surface area (TPSA) is 101 Å². The van der Waals surface area contributed by atoms with Crippen LogP contribution in [-0.4, -0.2) is 66.9 Å². The Balaban J connectivity index is 0.000000451. The Kier molecular flexibility index (Phi) is 7.86. The molecule has 3 rings (SSSR count). The zero-order valence-electron chi connectivity index (χ0n) is 17.7. The third-order valence-corrected chi connectivity index (χ3v) is 5.59. The number of carbonyl (C=O) groups is 2. The fraction of sp³-hybridized carbons (Fsp3) is 0.350. The second-order valence-electron chi connectivity index (χ2n) is 6.91. The number of halogens is 3. The maximum Gasteiger partial charge on any atom is 0.490 e. The van der Waals surface area contributed by atoms with E-state index >= 15 is 0 Å². The van der Waals surface area contributed by atoms with Gasteiger partial charge in [0.2, 0.25) is 0 Å². The minimum atomic E-state index is -5.08. The number of amides is 1. The Hall–Kier alpha value is -3.12. The highest BCUT2D eigenvalue weighted by molar-refractivity contribution is 7.22. The van der Waals surface area contributed by atoms with Gasteiger partial charge in [0, 0.05) is 25.5 Å². The molecule has 2 heterocycles. The Bertz CT molecular complexity index is 1200. The zero-order valence-corrected chi connectivity index (χ0v) is 18.6. The highest BCUT2D eigenvalue weighted by Crippen LogP contribution is 2.39. The summed E-state index contributed by atoms with van der Waals surface area (Å²) in [7, 11) is 7.12. The van der Waals surface area contributed by atoms with Crippen LogP contribution >= 0.6 is 11.3 Å². The first-order chi connectivity index (χ1) is 14.9. The first-order valence-corrected chi connectivity index (χ1v) is 10.0. The van der Waals surface area contributed by atoms with Crippen LogP contribution in [0.1, 0.15) is 9.67 Å². The lowest BCUT2D eigenvalue weighted by atomic mass is 10.1. The molecule has 1 aromatic carbocycles. The predicted molar refractivity (Wildman–Crippen MR) is 116 cm³/mol. The number of benzene rings is 1. The van der Waals surface area contributed by atoms with Gasteiger partial charge >= 0.3 is 12.1 Å². The summed E-state index contributed by atoms with van der Waals surface area (Å²) in [6, 6.07) is 7.68. The summed E-state index contributed by atoms with van der Waals surface area (Å²) in [5.74, 6) is -2.62. The van der Waals surface area contributed by atoms with Crippen molar-refractivity contribution in [1.29, 1.82) is 0 Å². The van der Waals surface area contributed by atoms with Crippen LogP contribution in [0.5, 0.6) is 5.75 Å². The predicted octanol–water partition coefficient (Wildman–Crippen LogP) is 2.69. The summed E-state index contributed by atoms with van der Waals surface area (Å²) in [6.45, 7) is 1.27. The molecule has 12 heteroatoms. The number of aliphatic carboxylic acids is 1. The van der Waals surface area contributed by atoms with E-state index in [1.807, 2.05) is 43.3 Å². The van der Waals surface area contributed by atoms with Crippen molar-refractivity contribution in [2.75, 3.05) is 34.3 Å². The number of carboxylic acids is 1. The Morgan fingerprint density at radius 1 is 1.25 bits per heavy atom. The number of carboxylic acid groups (broad SMARTS) is 1. The monoisotopic (exact) mass is 473 g/mol. The van der Waals surface area contributed by atoms with Crippen LogP contribution in [0.3, 0.4) is 0 Å². The van der Waals surface area contributed by atoms with Gasteiger partial charge < -0.3 is 24.6 Å². The molecule has 0 unspecified atom stereocenters. The van der Waals surface area contributed by atoms with E-state index in [1.54, 1.807) is 11.6 Å². The number of hydrogen-bond donors (Lipinski definition) is 2. The standard InChI is InChI=1S/C18H21N3O3S.C2HF3O2/c1-20(2)10-9-19-17(22)16-14(24-4)13-15(25-16)11-7-5-6-8-12(11)21(3)18(13)23;3-2(4,5)1(6)7/h5-8H,9-10H2,1-4H3,(H,19,22);(H,6,7). The minimum Gasteiger partial charge on any atom is -0.494 e. The van der Waals surface area contributed by atoms with Gasteiger partial charge in [-0.25, -0.2) is 4.79 Å². The molecular formula is C20H22F3N3O5S. The molecule has 0 saturated carbocycles. The summed E-state index contributed by atoms with van der Waals surface area (Å²) in [6.07, 6.45) is -5.08. The summed E-state index contributed by atoms with van der Waals surface area (Å²) in [5, 5.41) is 11.4. The largest absolute Gasteiger partial charge is 0.494 e. The van der Waals surface area contributed by atoms with Crippen LogP contribution < -0.4 is 15.6 Å². The molecule has 3 aromatic rings. The highest BCUT2D eigenvalue weighted by Gasteiger charge is 2.38. The lowest BCUT2D eigenvalue weighted by molar-refractivity contribution is -0.192. The number of alkyl halides is 3. The van der Waals surface area contributed by atoms with E-state index in [9.17, 15) is 22.8 Å². The van der Waals surface area contributed by atoms with Crippen molar-refractivity contribution in [1.82, 2.24) is 14.8 Å². The van der Waals surface area contributed by atoms with Crippen molar-refractivity contribution in [2.45, 2.75) is 6.18 Å². The van der Waals surface area contributed by atoms with Crippen molar-refractivity contribution < 1.29 is 32.6 Å². The second-order valence-corrected chi connectivity index (χ2v) is 7.93. The number of methoxy groups -OCH3 is 1. The first kappa shape index (κ1) is 25.1. The van der Waals surface area contributed by atoms with Gasteiger partial charge in [-0.1, -0.05) is 18.2 Å². The number of rotatable bonds is 5. The number of hydrogen-bond acceptors (Lipinski definition) is 6. The molecule has 0 aliphatic rings. The van der Waals surface area contributed by atoms with E-state index < -0.39 is 12.1 Å². The number of aryl methyl sites for hydroxylation is 1. The summed E-state index contributed by atoms with van der Waals surface area (Å²) >= 11 is 1.30. The molecule has 1 amide bonds. The number of nitrogens with one attached hydrogen (secondary N) is 1. The number of likely N-dealkylation sites (N-methyl/N-ethyl adjacent to an activating group) is 1. The number of pyridine rings is 1. The average molecular weight is 473 g/mol. The van der Waals surface area contributed by atoms with Gasteiger partial charge in [0.1, 0.15) is 10.3 Å². The van der Waals surface area contributed by atoms with Crippen molar-refractivity contribution in [2.24, 2.45) is 7.05 Å². The quantitative estimate of drug-likeness (QED) is 0.591. The molecule has 0 spiro atoms. The molecular weight excluding hydrogens is 451 g/mol. The molecule has 0 saturated heterocycles. The molecule has 174 valence electrons. The van der Waals surface area contributed by atoms with Gasteiger partial charge in [-0.3, -0.25) is 9.59 Å². The van der Waals surface area contributed by atoms with Gasteiger partial charge in [-0.05, 0) is 20.2 Å². The van der Waals surface area contributed by atoms with E-state index in [2.05, 4.69) is 5.32 Å². The number of fused-ring (bicyclic) bond motifs is 3. The molecule has 0 radical (unpaired) electrons. The zero-order chi connectivity index (χ0) is 24.2. The normalized spacial score (nSPS) is 11.4. The smallest absolute Gasteiger partial charge is 0.490 e. The fourth-order valence-electron chi connectivity index (χ4n) is 2.85. The maximum absolute atomic E-state index is 12.8.